The molecule has 1 amide bonds. The van der Waals surface area contributed by atoms with Gasteiger partial charge in [-0.15, -0.1) is 0 Å². The minimum absolute atomic E-state index is 0.0832. The number of morpholine rings is 1. The molecule has 7 heteroatoms. The number of nitrogens with zero attached hydrogens (tertiary/aromatic N) is 2. The summed E-state index contributed by atoms with van der Waals surface area (Å²) in [5.74, 6) is -0.0572. The minimum atomic E-state index is -0.333. The molecule has 0 radical (unpaired) electrons. The molecule has 2 aromatic rings. The summed E-state index contributed by atoms with van der Waals surface area (Å²) in [6, 6.07) is 12.4. The number of benzene rings is 2. The van der Waals surface area contributed by atoms with Crippen molar-refractivity contribution in [2.75, 3.05) is 57.9 Å². The lowest BCUT2D eigenvalue weighted by molar-refractivity contribution is -0.123. The van der Waals surface area contributed by atoms with E-state index in [9.17, 15) is 9.18 Å². The second-order valence-electron chi connectivity index (χ2n) is 7.77. The molecule has 2 aromatic carbocycles. The van der Waals surface area contributed by atoms with Crippen molar-refractivity contribution in [3.05, 3.63) is 59.4 Å². The standard InChI is InChI=1S/C23H28FN3O3/c1-26-9-8-18-14-17(2-7-21(18)26)22(27-10-12-29-13-11-27)15-25-23(28)16-30-20-5-3-19(24)4-6-20/h2-7,14,22H,8-13,15-16H2,1H3,(H,25,28)/t22-/m0/s1. The molecule has 0 spiro atoms. The van der Waals surface area contributed by atoms with Crippen molar-refractivity contribution in [1.29, 1.82) is 0 Å². The van der Waals surface area contributed by atoms with Crippen LogP contribution in [0.4, 0.5) is 10.1 Å². The molecule has 0 saturated carbocycles. The van der Waals surface area contributed by atoms with Crippen LogP contribution in [0.3, 0.4) is 0 Å². The van der Waals surface area contributed by atoms with E-state index in [0.29, 0.717) is 25.5 Å². The van der Waals surface area contributed by atoms with Gasteiger partial charge in [0, 0.05) is 38.9 Å². The number of amides is 1. The number of hydrogen-bond acceptors (Lipinski definition) is 5. The van der Waals surface area contributed by atoms with E-state index in [2.05, 4.69) is 40.4 Å². The lowest BCUT2D eigenvalue weighted by Gasteiger charge is -2.35. The first-order valence-electron chi connectivity index (χ1n) is 10.4. The van der Waals surface area contributed by atoms with Gasteiger partial charge in [-0.25, -0.2) is 4.39 Å². The van der Waals surface area contributed by atoms with Crippen molar-refractivity contribution in [2.24, 2.45) is 0 Å². The van der Waals surface area contributed by atoms with Gasteiger partial charge in [0.15, 0.2) is 6.61 Å². The molecule has 4 rings (SSSR count). The highest BCUT2D eigenvalue weighted by atomic mass is 19.1. The first-order chi connectivity index (χ1) is 14.6. The zero-order chi connectivity index (χ0) is 20.9. The van der Waals surface area contributed by atoms with Gasteiger partial charge in [-0.05, 0) is 47.9 Å². The molecule has 2 aliphatic heterocycles. The van der Waals surface area contributed by atoms with Gasteiger partial charge in [-0.3, -0.25) is 9.69 Å². The van der Waals surface area contributed by atoms with Gasteiger partial charge in [0.1, 0.15) is 11.6 Å². The zero-order valence-corrected chi connectivity index (χ0v) is 17.3. The highest BCUT2D eigenvalue weighted by Gasteiger charge is 2.25. The molecule has 0 aromatic heterocycles. The monoisotopic (exact) mass is 413 g/mol. The molecule has 1 fully saturated rings. The average Bonchev–Trinajstić information content (AvgIpc) is 3.14. The Morgan fingerprint density at radius 1 is 1.17 bits per heavy atom. The number of nitrogens with one attached hydrogen (secondary N) is 1. The number of hydrogen-bond donors (Lipinski definition) is 1. The molecule has 1 N–H and O–H groups in total. The average molecular weight is 413 g/mol. The van der Waals surface area contributed by atoms with Crippen molar-refractivity contribution < 1.29 is 18.7 Å². The third-order valence-electron chi connectivity index (χ3n) is 5.78. The van der Waals surface area contributed by atoms with Crippen LogP contribution in [0.1, 0.15) is 17.2 Å². The summed E-state index contributed by atoms with van der Waals surface area (Å²) in [4.78, 5) is 17.0. The van der Waals surface area contributed by atoms with Crippen LogP contribution in [-0.2, 0) is 16.0 Å². The fourth-order valence-electron chi connectivity index (χ4n) is 4.08. The number of likely N-dealkylation sites (N-methyl/N-ethyl adjacent to an activating group) is 1. The van der Waals surface area contributed by atoms with Crippen LogP contribution in [0.5, 0.6) is 5.75 Å². The number of fused-ring (bicyclic) bond motifs is 1. The van der Waals surface area contributed by atoms with E-state index in [4.69, 9.17) is 9.47 Å². The van der Waals surface area contributed by atoms with Crippen molar-refractivity contribution in [3.8, 4) is 5.75 Å². The third kappa shape index (κ3) is 4.91. The molecule has 6 nitrogen and oxygen atoms in total. The number of ether oxygens (including phenoxy) is 2. The molecule has 2 aliphatic rings. The molecule has 160 valence electrons. The maximum absolute atomic E-state index is 13.0. The van der Waals surface area contributed by atoms with Gasteiger partial charge in [-0.2, -0.15) is 0 Å². The number of halogens is 1. The van der Waals surface area contributed by atoms with Crippen molar-refractivity contribution in [2.45, 2.75) is 12.5 Å². The van der Waals surface area contributed by atoms with E-state index >= 15 is 0 Å². The predicted molar refractivity (Wildman–Crippen MR) is 113 cm³/mol. The van der Waals surface area contributed by atoms with Crippen LogP contribution in [0.15, 0.2) is 42.5 Å². The Morgan fingerprint density at radius 2 is 1.93 bits per heavy atom. The molecule has 30 heavy (non-hydrogen) atoms. The number of anilines is 1. The van der Waals surface area contributed by atoms with E-state index < -0.39 is 0 Å². The van der Waals surface area contributed by atoms with Crippen LogP contribution < -0.4 is 15.0 Å². The van der Waals surface area contributed by atoms with Crippen molar-refractivity contribution in [3.63, 3.8) is 0 Å². The summed E-state index contributed by atoms with van der Waals surface area (Å²) in [5.41, 5.74) is 3.86. The summed E-state index contributed by atoms with van der Waals surface area (Å²) in [6.45, 7) is 4.51. The molecule has 0 bridgehead atoms. The Hall–Kier alpha value is -2.64. The van der Waals surface area contributed by atoms with Gasteiger partial charge in [0.25, 0.3) is 5.91 Å². The largest absolute Gasteiger partial charge is 0.484 e. The molecular formula is C23H28FN3O3. The van der Waals surface area contributed by atoms with Gasteiger partial charge < -0.3 is 19.7 Å². The normalized spacial score (nSPS) is 17.5. The Balaban J connectivity index is 1.40. The summed E-state index contributed by atoms with van der Waals surface area (Å²) >= 11 is 0. The van der Waals surface area contributed by atoms with Crippen LogP contribution in [-0.4, -0.2) is 63.9 Å². The molecular weight excluding hydrogens is 385 g/mol. The fraction of sp³-hybridized carbons (Fsp3) is 0.435. The van der Waals surface area contributed by atoms with E-state index in [-0.39, 0.29) is 24.4 Å². The molecule has 0 unspecified atom stereocenters. The van der Waals surface area contributed by atoms with E-state index in [1.54, 1.807) is 0 Å². The van der Waals surface area contributed by atoms with Gasteiger partial charge in [0.2, 0.25) is 0 Å². The second kappa shape index (κ2) is 9.45. The number of rotatable bonds is 7. The quantitative estimate of drug-likeness (QED) is 0.756. The Kier molecular flexibility index (Phi) is 6.50. The summed E-state index contributed by atoms with van der Waals surface area (Å²) in [6.07, 6.45) is 1.05. The summed E-state index contributed by atoms with van der Waals surface area (Å²) in [5, 5.41) is 3.01. The molecule has 1 atom stereocenters. The minimum Gasteiger partial charge on any atom is -0.484 e. The van der Waals surface area contributed by atoms with E-state index in [0.717, 1.165) is 26.1 Å². The van der Waals surface area contributed by atoms with Crippen molar-refractivity contribution >= 4 is 11.6 Å². The van der Waals surface area contributed by atoms with Gasteiger partial charge in [0.05, 0.1) is 19.3 Å². The van der Waals surface area contributed by atoms with Gasteiger partial charge in [-0.1, -0.05) is 12.1 Å². The smallest absolute Gasteiger partial charge is 0.258 e. The molecule has 2 heterocycles. The third-order valence-corrected chi connectivity index (χ3v) is 5.78. The first kappa shape index (κ1) is 20.6. The maximum Gasteiger partial charge on any atom is 0.258 e. The second-order valence-corrected chi connectivity index (χ2v) is 7.77. The lowest BCUT2D eigenvalue weighted by atomic mass is 10.0. The first-order valence-corrected chi connectivity index (χ1v) is 10.4. The zero-order valence-electron chi connectivity index (χ0n) is 17.3. The van der Waals surface area contributed by atoms with E-state index in [1.165, 1.54) is 41.1 Å². The summed E-state index contributed by atoms with van der Waals surface area (Å²) < 4.78 is 24.0. The highest BCUT2D eigenvalue weighted by molar-refractivity contribution is 5.77. The van der Waals surface area contributed by atoms with Crippen molar-refractivity contribution in [1.82, 2.24) is 10.2 Å². The number of carbonyl (C=O) groups is 1. The Labute approximate surface area is 176 Å². The predicted octanol–water partition coefficient (Wildman–Crippen LogP) is 2.39. The Morgan fingerprint density at radius 3 is 2.70 bits per heavy atom. The van der Waals surface area contributed by atoms with Gasteiger partial charge >= 0.3 is 0 Å². The topological polar surface area (TPSA) is 54.0 Å². The van der Waals surface area contributed by atoms with Crippen LogP contribution in [0.2, 0.25) is 0 Å². The highest BCUT2D eigenvalue weighted by Crippen LogP contribution is 2.31. The lowest BCUT2D eigenvalue weighted by Crippen LogP contribution is -2.44. The molecule has 1 saturated heterocycles. The van der Waals surface area contributed by atoms with Crippen LogP contribution in [0.25, 0.3) is 0 Å². The maximum atomic E-state index is 13.0. The molecule has 0 aliphatic carbocycles. The fourth-order valence-corrected chi connectivity index (χ4v) is 4.08. The SMILES string of the molecule is CN1CCc2cc([C@H](CNC(=O)COc3ccc(F)cc3)N3CCOCC3)ccc21. The number of carbonyl (C=O) groups excluding carboxylic acids is 1. The Bertz CT molecular complexity index is 868. The van der Waals surface area contributed by atoms with Crippen LogP contribution in [0, 0.1) is 5.82 Å². The van der Waals surface area contributed by atoms with Crippen LogP contribution >= 0.6 is 0 Å². The van der Waals surface area contributed by atoms with E-state index in [1.807, 2.05) is 0 Å². The summed E-state index contributed by atoms with van der Waals surface area (Å²) in [7, 11) is 2.12.